The maximum atomic E-state index is 6.38. The van der Waals surface area contributed by atoms with Crippen molar-refractivity contribution in [2.24, 2.45) is 42.5 Å². The van der Waals surface area contributed by atoms with Gasteiger partial charge in [0.1, 0.15) is 0 Å². The highest BCUT2D eigenvalue weighted by Crippen LogP contribution is 2.70. The predicted octanol–water partition coefficient (Wildman–Crippen LogP) is 2.05. The second-order valence-electron chi connectivity index (χ2n) is 7.01. The fraction of sp³-hybridized carbons (Fsp3) is 0.800. The summed E-state index contributed by atoms with van der Waals surface area (Å²) >= 11 is 6.38. The average Bonchev–Trinajstić information content (AvgIpc) is 2.74. The molecule has 5 unspecified atom stereocenters. The Morgan fingerprint density at radius 3 is 2.55 bits per heavy atom. The van der Waals surface area contributed by atoms with Crippen LogP contribution in [0.3, 0.4) is 0 Å². The van der Waals surface area contributed by atoms with E-state index < -0.39 is 0 Å². The Kier molecular flexibility index (Phi) is 2.92. The fourth-order valence-electron chi connectivity index (χ4n) is 5.35. The van der Waals surface area contributed by atoms with Gasteiger partial charge in [0.05, 0.1) is 16.4 Å². The summed E-state index contributed by atoms with van der Waals surface area (Å²) in [6, 6.07) is 0.348. The van der Waals surface area contributed by atoms with Gasteiger partial charge in [-0.1, -0.05) is 11.6 Å². The van der Waals surface area contributed by atoms with Crippen molar-refractivity contribution < 1.29 is 0 Å². The number of hydrazine groups is 1. The van der Waals surface area contributed by atoms with E-state index in [4.69, 9.17) is 17.4 Å². The molecule has 0 aromatic carbocycles. The van der Waals surface area contributed by atoms with Crippen molar-refractivity contribution in [2.45, 2.75) is 38.6 Å². The van der Waals surface area contributed by atoms with Crippen LogP contribution < -0.4 is 11.3 Å². The van der Waals surface area contributed by atoms with Gasteiger partial charge >= 0.3 is 0 Å². The van der Waals surface area contributed by atoms with Gasteiger partial charge in [0.25, 0.3) is 0 Å². The molecule has 0 radical (unpaired) electrons. The molecule has 2 bridgehead atoms. The molecular formula is C15H23ClN4. The van der Waals surface area contributed by atoms with Crippen molar-refractivity contribution >= 4 is 11.6 Å². The number of nitrogens with two attached hydrogens (primary N) is 1. The Morgan fingerprint density at radius 1 is 1.40 bits per heavy atom. The van der Waals surface area contributed by atoms with E-state index in [2.05, 4.69) is 10.5 Å². The maximum Gasteiger partial charge on any atom is 0.0847 e. The van der Waals surface area contributed by atoms with Crippen molar-refractivity contribution in [3.05, 3.63) is 16.4 Å². The lowest BCUT2D eigenvalue weighted by Gasteiger charge is -2.20. The normalized spacial score (nSPS) is 39.1. The average molecular weight is 295 g/mol. The Morgan fingerprint density at radius 2 is 2.05 bits per heavy atom. The summed E-state index contributed by atoms with van der Waals surface area (Å²) in [5, 5.41) is 5.22. The summed E-state index contributed by atoms with van der Waals surface area (Å²) in [6.07, 6.45) is 5.27. The molecule has 3 aliphatic rings. The molecule has 5 heteroatoms. The third-order valence-electron chi connectivity index (χ3n) is 6.15. The van der Waals surface area contributed by atoms with E-state index >= 15 is 0 Å². The van der Waals surface area contributed by atoms with Crippen molar-refractivity contribution in [1.82, 2.24) is 15.2 Å². The minimum absolute atomic E-state index is 0.348. The molecule has 3 aliphatic carbocycles. The molecule has 0 saturated heterocycles. The highest BCUT2D eigenvalue weighted by atomic mass is 35.5. The third-order valence-corrected chi connectivity index (χ3v) is 6.64. The van der Waals surface area contributed by atoms with Crippen LogP contribution in [0.25, 0.3) is 0 Å². The van der Waals surface area contributed by atoms with Gasteiger partial charge in [-0.05, 0) is 55.8 Å². The lowest BCUT2D eigenvalue weighted by molar-refractivity contribution is 0.360. The lowest BCUT2D eigenvalue weighted by atomic mass is 9.95. The van der Waals surface area contributed by atoms with Crippen LogP contribution in [0.15, 0.2) is 0 Å². The molecule has 4 rings (SSSR count). The Balaban J connectivity index is 1.53. The summed E-state index contributed by atoms with van der Waals surface area (Å²) in [4.78, 5) is 0. The molecule has 0 spiro atoms. The minimum Gasteiger partial charge on any atom is -0.271 e. The minimum atomic E-state index is 0.348. The molecule has 1 aromatic heterocycles. The molecule has 5 atom stereocenters. The molecule has 20 heavy (non-hydrogen) atoms. The standard InChI is InChI=1S/C15H23ClN4/c1-7-15(16)11(20(2)19-7)6-10(18-17)14-12-8-3-4-9(5-8)13(12)14/h8-10,12-14,18H,3-6,17H2,1-2H3. The van der Waals surface area contributed by atoms with Crippen LogP contribution in [-0.2, 0) is 13.5 Å². The van der Waals surface area contributed by atoms with Gasteiger partial charge in [0.15, 0.2) is 0 Å². The number of aromatic nitrogens is 2. The van der Waals surface area contributed by atoms with Gasteiger partial charge in [0, 0.05) is 19.5 Å². The monoisotopic (exact) mass is 294 g/mol. The SMILES string of the molecule is Cc1nn(C)c(CC(NN)C2C3C4CCC(C4)C32)c1Cl. The van der Waals surface area contributed by atoms with E-state index in [1.165, 1.54) is 19.3 Å². The zero-order valence-electron chi connectivity index (χ0n) is 12.1. The first kappa shape index (κ1) is 13.1. The highest BCUT2D eigenvalue weighted by Gasteiger charge is 2.66. The van der Waals surface area contributed by atoms with Gasteiger partial charge < -0.3 is 0 Å². The van der Waals surface area contributed by atoms with Gasteiger partial charge in [-0.2, -0.15) is 5.10 Å². The molecular weight excluding hydrogens is 272 g/mol. The number of nitrogens with one attached hydrogen (secondary N) is 1. The van der Waals surface area contributed by atoms with Crippen LogP contribution in [0.1, 0.15) is 30.7 Å². The number of rotatable bonds is 4. The van der Waals surface area contributed by atoms with Crippen molar-refractivity contribution in [3.63, 3.8) is 0 Å². The van der Waals surface area contributed by atoms with E-state index in [0.717, 1.165) is 52.4 Å². The Bertz CT molecular complexity index is 524. The van der Waals surface area contributed by atoms with Crippen molar-refractivity contribution in [3.8, 4) is 0 Å². The number of nitrogens with zero attached hydrogens (tertiary/aromatic N) is 2. The first-order valence-corrected chi connectivity index (χ1v) is 8.13. The van der Waals surface area contributed by atoms with Crippen LogP contribution in [0.5, 0.6) is 0 Å². The second kappa shape index (κ2) is 4.46. The molecule has 3 N–H and O–H groups in total. The number of aryl methyl sites for hydroxylation is 2. The first-order valence-electron chi connectivity index (χ1n) is 7.76. The number of fused-ring (bicyclic) bond motifs is 5. The van der Waals surface area contributed by atoms with Crippen LogP contribution in [0.4, 0.5) is 0 Å². The van der Waals surface area contributed by atoms with E-state index in [1.54, 1.807) is 0 Å². The Labute approximate surface area is 125 Å². The lowest BCUT2D eigenvalue weighted by Crippen LogP contribution is -2.40. The van der Waals surface area contributed by atoms with E-state index in [-0.39, 0.29) is 0 Å². The smallest absolute Gasteiger partial charge is 0.0847 e. The molecule has 1 aromatic rings. The van der Waals surface area contributed by atoms with Gasteiger partial charge in [-0.25, -0.2) is 0 Å². The number of hydrogen-bond acceptors (Lipinski definition) is 3. The summed E-state index contributed by atoms with van der Waals surface area (Å²) in [5.74, 6) is 10.5. The van der Waals surface area contributed by atoms with Gasteiger partial charge in [-0.3, -0.25) is 16.0 Å². The summed E-state index contributed by atoms with van der Waals surface area (Å²) in [5.41, 5.74) is 5.10. The zero-order chi connectivity index (χ0) is 14.0. The number of halogens is 1. The molecule has 0 amide bonds. The van der Waals surface area contributed by atoms with Crippen LogP contribution in [0, 0.1) is 36.5 Å². The van der Waals surface area contributed by atoms with E-state index in [1.807, 2.05) is 18.7 Å². The molecule has 0 aliphatic heterocycles. The predicted molar refractivity (Wildman–Crippen MR) is 79.1 cm³/mol. The molecule has 1 heterocycles. The summed E-state index contributed by atoms with van der Waals surface area (Å²) in [6.45, 7) is 1.96. The molecule has 3 fully saturated rings. The van der Waals surface area contributed by atoms with E-state index in [9.17, 15) is 0 Å². The van der Waals surface area contributed by atoms with Crippen LogP contribution in [-0.4, -0.2) is 15.8 Å². The van der Waals surface area contributed by atoms with Gasteiger partial charge in [0.2, 0.25) is 0 Å². The molecule has 110 valence electrons. The van der Waals surface area contributed by atoms with Crippen molar-refractivity contribution in [2.75, 3.05) is 0 Å². The van der Waals surface area contributed by atoms with Crippen LogP contribution in [0.2, 0.25) is 5.02 Å². The largest absolute Gasteiger partial charge is 0.271 e. The van der Waals surface area contributed by atoms with Crippen molar-refractivity contribution in [1.29, 1.82) is 0 Å². The maximum absolute atomic E-state index is 6.38. The molecule has 3 saturated carbocycles. The Hall–Kier alpha value is -0.580. The molecule has 4 nitrogen and oxygen atoms in total. The van der Waals surface area contributed by atoms with Gasteiger partial charge in [-0.15, -0.1) is 0 Å². The number of hydrogen-bond donors (Lipinski definition) is 2. The third kappa shape index (κ3) is 1.71. The zero-order valence-corrected chi connectivity index (χ0v) is 12.9. The summed E-state index contributed by atoms with van der Waals surface area (Å²) < 4.78 is 1.91. The van der Waals surface area contributed by atoms with Crippen LogP contribution >= 0.6 is 11.6 Å². The fourth-order valence-corrected chi connectivity index (χ4v) is 5.58. The quantitative estimate of drug-likeness (QED) is 0.660. The van der Waals surface area contributed by atoms with E-state index in [0.29, 0.717) is 6.04 Å². The topological polar surface area (TPSA) is 55.9 Å². The second-order valence-corrected chi connectivity index (χ2v) is 7.39. The highest BCUT2D eigenvalue weighted by molar-refractivity contribution is 6.31. The first-order chi connectivity index (χ1) is 9.61. The summed E-state index contributed by atoms with van der Waals surface area (Å²) in [7, 11) is 1.97.